The van der Waals surface area contributed by atoms with Gasteiger partial charge in [-0.15, -0.1) is 5.10 Å². The molecule has 0 spiro atoms. The van der Waals surface area contributed by atoms with Crippen molar-refractivity contribution in [1.82, 2.24) is 20.0 Å². The molecule has 31 heavy (non-hydrogen) atoms. The number of benzene rings is 3. The van der Waals surface area contributed by atoms with E-state index in [4.69, 9.17) is 16.6 Å². The molecule has 0 bridgehead atoms. The van der Waals surface area contributed by atoms with Gasteiger partial charge >= 0.3 is 0 Å². The Labute approximate surface area is 187 Å². The lowest BCUT2D eigenvalue weighted by Crippen LogP contribution is -2.33. The molecule has 3 aromatic carbocycles. The summed E-state index contributed by atoms with van der Waals surface area (Å²) in [5.41, 5.74) is 4.44. The molecule has 0 N–H and O–H groups in total. The third kappa shape index (κ3) is 3.78. The second-order valence-corrected chi connectivity index (χ2v) is 8.62. The van der Waals surface area contributed by atoms with Crippen molar-refractivity contribution >= 4 is 55.2 Å². The van der Waals surface area contributed by atoms with Crippen molar-refractivity contribution < 1.29 is 4.79 Å². The quantitative estimate of drug-likeness (QED) is 0.369. The van der Waals surface area contributed by atoms with Gasteiger partial charge in [-0.25, -0.2) is 9.67 Å². The van der Waals surface area contributed by atoms with Gasteiger partial charge in [0, 0.05) is 0 Å². The fourth-order valence-corrected chi connectivity index (χ4v) is 4.82. The summed E-state index contributed by atoms with van der Waals surface area (Å²) < 4.78 is 2.51. The number of hydrogen-bond acceptors (Lipinski definition) is 5. The summed E-state index contributed by atoms with van der Waals surface area (Å²) in [5.74, 6) is -0.118. The lowest BCUT2D eigenvalue weighted by molar-refractivity contribution is -0.119. The van der Waals surface area contributed by atoms with Gasteiger partial charge in [-0.1, -0.05) is 76.7 Å². The number of amides is 1. The predicted molar refractivity (Wildman–Crippen MR) is 125 cm³/mol. The number of rotatable bonds is 5. The number of thiazole rings is 1. The fraction of sp³-hybridized carbons (Fsp3) is 0.130. The third-order valence-corrected chi connectivity index (χ3v) is 6.65. The minimum atomic E-state index is -0.118. The molecule has 0 radical (unpaired) electrons. The van der Waals surface area contributed by atoms with E-state index < -0.39 is 0 Å². The van der Waals surface area contributed by atoms with Crippen LogP contribution in [-0.4, -0.2) is 25.9 Å². The SMILES string of the molecule is Cc1ccc(Cl)c2sc(N(Cc3ccccc3)C(=O)Cn3nnc4ccccc43)nc12. The Morgan fingerprint density at radius 2 is 1.84 bits per heavy atom. The summed E-state index contributed by atoms with van der Waals surface area (Å²) >= 11 is 7.84. The number of carbonyl (C=O) groups is 1. The Balaban J connectivity index is 1.55. The molecule has 6 nitrogen and oxygen atoms in total. The van der Waals surface area contributed by atoms with Crippen molar-refractivity contribution in [3.63, 3.8) is 0 Å². The molecule has 5 rings (SSSR count). The molecular formula is C23H18ClN5OS. The van der Waals surface area contributed by atoms with Crippen molar-refractivity contribution in [3.05, 3.63) is 82.9 Å². The molecule has 0 atom stereocenters. The first-order valence-electron chi connectivity index (χ1n) is 9.78. The lowest BCUT2D eigenvalue weighted by atomic mass is 10.2. The molecule has 1 amide bonds. The molecule has 154 valence electrons. The highest BCUT2D eigenvalue weighted by molar-refractivity contribution is 7.23. The maximum Gasteiger partial charge on any atom is 0.250 e. The minimum absolute atomic E-state index is 0.0655. The lowest BCUT2D eigenvalue weighted by Gasteiger charge is -2.20. The van der Waals surface area contributed by atoms with Gasteiger partial charge in [-0.3, -0.25) is 9.69 Å². The van der Waals surface area contributed by atoms with Gasteiger partial charge in [0.2, 0.25) is 0 Å². The molecule has 0 saturated carbocycles. The maximum absolute atomic E-state index is 13.5. The fourth-order valence-electron chi connectivity index (χ4n) is 3.48. The number of hydrogen-bond donors (Lipinski definition) is 0. The van der Waals surface area contributed by atoms with E-state index >= 15 is 0 Å². The van der Waals surface area contributed by atoms with Gasteiger partial charge in [-0.2, -0.15) is 0 Å². The second-order valence-electron chi connectivity index (χ2n) is 7.24. The summed E-state index contributed by atoms with van der Waals surface area (Å²) in [7, 11) is 0. The van der Waals surface area contributed by atoms with E-state index in [0.717, 1.165) is 32.4 Å². The van der Waals surface area contributed by atoms with Crippen molar-refractivity contribution in [2.75, 3.05) is 4.90 Å². The summed E-state index contributed by atoms with van der Waals surface area (Å²) in [6.45, 7) is 2.46. The van der Waals surface area contributed by atoms with Crippen molar-refractivity contribution in [2.45, 2.75) is 20.0 Å². The molecule has 0 aliphatic rings. The number of halogens is 1. The highest BCUT2D eigenvalue weighted by atomic mass is 35.5. The van der Waals surface area contributed by atoms with Crippen molar-refractivity contribution in [3.8, 4) is 0 Å². The molecule has 0 saturated heterocycles. The standard InChI is InChI=1S/C23H18ClN5OS/c1-15-11-12-17(24)22-21(15)25-23(31-22)28(13-16-7-3-2-4-8-16)20(30)14-29-19-10-6-5-9-18(19)26-27-29/h2-12H,13-14H2,1H3. The van der Waals surface area contributed by atoms with E-state index in [2.05, 4.69) is 10.3 Å². The number of aromatic nitrogens is 4. The van der Waals surface area contributed by atoms with Crippen molar-refractivity contribution in [2.24, 2.45) is 0 Å². The smallest absolute Gasteiger partial charge is 0.250 e. The molecule has 0 unspecified atom stereocenters. The summed E-state index contributed by atoms with van der Waals surface area (Å²) in [5, 5.41) is 9.58. The number of aryl methyl sites for hydroxylation is 1. The number of para-hydroxylation sites is 1. The van der Waals surface area contributed by atoms with Gasteiger partial charge in [0.15, 0.2) is 5.13 Å². The van der Waals surface area contributed by atoms with Crippen LogP contribution in [0.25, 0.3) is 21.3 Å². The first-order valence-corrected chi connectivity index (χ1v) is 11.0. The van der Waals surface area contributed by atoms with Crippen LogP contribution in [0.3, 0.4) is 0 Å². The topological polar surface area (TPSA) is 63.9 Å². The molecule has 2 heterocycles. The Morgan fingerprint density at radius 1 is 1.06 bits per heavy atom. The Hall–Kier alpha value is -3.29. The van der Waals surface area contributed by atoms with Gasteiger partial charge in [0.05, 0.1) is 27.3 Å². The number of nitrogens with zero attached hydrogens (tertiary/aromatic N) is 5. The van der Waals surface area contributed by atoms with E-state index in [9.17, 15) is 4.79 Å². The van der Waals surface area contributed by atoms with Gasteiger partial charge in [-0.05, 0) is 36.2 Å². The normalized spacial score (nSPS) is 11.3. The van der Waals surface area contributed by atoms with Crippen molar-refractivity contribution in [1.29, 1.82) is 0 Å². The van der Waals surface area contributed by atoms with Crippen LogP contribution in [0.15, 0.2) is 66.7 Å². The average molecular weight is 448 g/mol. The van der Waals surface area contributed by atoms with E-state index in [1.807, 2.05) is 73.7 Å². The highest BCUT2D eigenvalue weighted by Gasteiger charge is 2.23. The molecular weight excluding hydrogens is 430 g/mol. The summed E-state index contributed by atoms with van der Waals surface area (Å²) in [4.78, 5) is 20.0. The van der Waals surface area contributed by atoms with Gasteiger partial charge in [0.1, 0.15) is 12.1 Å². The number of carbonyl (C=O) groups excluding carboxylic acids is 1. The van der Waals surface area contributed by atoms with Crippen LogP contribution in [-0.2, 0) is 17.9 Å². The third-order valence-electron chi connectivity index (χ3n) is 5.11. The Morgan fingerprint density at radius 3 is 2.65 bits per heavy atom. The minimum Gasteiger partial charge on any atom is -0.282 e. The van der Waals surface area contributed by atoms with Gasteiger partial charge in [0.25, 0.3) is 5.91 Å². The van der Waals surface area contributed by atoms with Crippen LogP contribution in [0.2, 0.25) is 5.02 Å². The Bertz CT molecular complexity index is 1360. The zero-order chi connectivity index (χ0) is 21.4. The molecule has 2 aromatic heterocycles. The zero-order valence-corrected chi connectivity index (χ0v) is 18.3. The first kappa shape index (κ1) is 19.7. The second kappa shape index (κ2) is 8.09. The van der Waals surface area contributed by atoms with Crippen LogP contribution >= 0.6 is 22.9 Å². The van der Waals surface area contributed by atoms with E-state index in [1.165, 1.54) is 11.3 Å². The Kier molecular flexibility index (Phi) is 5.13. The highest BCUT2D eigenvalue weighted by Crippen LogP contribution is 2.36. The van der Waals surface area contributed by atoms with E-state index in [-0.39, 0.29) is 12.5 Å². The maximum atomic E-state index is 13.5. The van der Waals surface area contributed by atoms with Crippen LogP contribution < -0.4 is 4.90 Å². The zero-order valence-electron chi connectivity index (χ0n) is 16.7. The molecule has 0 fully saturated rings. The first-order chi connectivity index (χ1) is 15.1. The average Bonchev–Trinajstić information content (AvgIpc) is 3.41. The molecule has 0 aliphatic heterocycles. The summed E-state index contributed by atoms with van der Waals surface area (Å²) in [6.07, 6.45) is 0. The molecule has 0 aliphatic carbocycles. The summed E-state index contributed by atoms with van der Waals surface area (Å²) in [6, 6.07) is 21.3. The van der Waals surface area contributed by atoms with Crippen LogP contribution in [0.4, 0.5) is 5.13 Å². The van der Waals surface area contributed by atoms with Crippen LogP contribution in [0.1, 0.15) is 11.1 Å². The number of fused-ring (bicyclic) bond motifs is 2. The predicted octanol–water partition coefficient (Wildman–Crippen LogP) is 5.24. The van der Waals surface area contributed by atoms with Crippen LogP contribution in [0.5, 0.6) is 0 Å². The molecule has 5 aromatic rings. The van der Waals surface area contributed by atoms with E-state index in [1.54, 1.807) is 9.58 Å². The van der Waals surface area contributed by atoms with Gasteiger partial charge < -0.3 is 0 Å². The monoisotopic (exact) mass is 447 g/mol. The number of anilines is 1. The van der Waals surface area contributed by atoms with Crippen LogP contribution in [0, 0.1) is 6.92 Å². The molecule has 8 heteroatoms. The largest absolute Gasteiger partial charge is 0.282 e. The van der Waals surface area contributed by atoms with E-state index in [0.29, 0.717) is 16.7 Å².